The van der Waals surface area contributed by atoms with Crippen molar-refractivity contribution in [3.63, 3.8) is 0 Å². The van der Waals surface area contributed by atoms with Crippen molar-refractivity contribution in [2.45, 2.75) is 26.4 Å². The molecule has 0 aliphatic heterocycles. The first-order chi connectivity index (χ1) is 10.2. The summed E-state index contributed by atoms with van der Waals surface area (Å²) in [7, 11) is 0. The highest BCUT2D eigenvalue weighted by Crippen LogP contribution is 2.28. The smallest absolute Gasteiger partial charge is 0.0884 e. The first kappa shape index (κ1) is 13.7. The molecular formula is C16H19N5. The van der Waals surface area contributed by atoms with Gasteiger partial charge in [-0.25, -0.2) is 5.43 Å². The van der Waals surface area contributed by atoms with Gasteiger partial charge in [0.05, 0.1) is 17.4 Å². The van der Waals surface area contributed by atoms with Gasteiger partial charge in [0.25, 0.3) is 0 Å². The van der Waals surface area contributed by atoms with Crippen LogP contribution in [0.5, 0.6) is 0 Å². The number of nitrogens with two attached hydrogens (primary N) is 1. The zero-order valence-corrected chi connectivity index (χ0v) is 12.2. The lowest BCUT2D eigenvalue weighted by atomic mass is 9.98. The predicted octanol–water partition coefficient (Wildman–Crippen LogP) is 2.31. The summed E-state index contributed by atoms with van der Waals surface area (Å²) in [5.74, 6) is 5.85. The molecule has 2 aromatic heterocycles. The van der Waals surface area contributed by atoms with E-state index in [2.05, 4.69) is 40.6 Å². The molecule has 108 valence electrons. The van der Waals surface area contributed by atoms with Crippen LogP contribution in [-0.2, 0) is 6.54 Å². The van der Waals surface area contributed by atoms with Crippen molar-refractivity contribution in [3.8, 4) is 0 Å². The quantitative estimate of drug-likeness (QED) is 0.569. The van der Waals surface area contributed by atoms with Gasteiger partial charge in [0, 0.05) is 24.3 Å². The summed E-state index contributed by atoms with van der Waals surface area (Å²) >= 11 is 0. The lowest BCUT2D eigenvalue weighted by Gasteiger charge is -2.19. The van der Waals surface area contributed by atoms with E-state index in [1.165, 1.54) is 0 Å². The maximum Gasteiger partial charge on any atom is 0.0884 e. The third-order valence-electron chi connectivity index (χ3n) is 3.72. The standard InChI is InChI=1S/C16H19N5/c1-3-21-15(9-11(2)20-21)16(19-17)13-6-4-5-12-7-8-18-10-14(12)13/h4-10,16,19H,3,17H2,1-2H3. The Morgan fingerprint density at radius 1 is 1.33 bits per heavy atom. The number of pyridine rings is 1. The SMILES string of the molecule is CCn1nc(C)cc1C(NN)c1cccc2ccncc12. The second-order valence-corrected chi connectivity index (χ2v) is 5.07. The Bertz CT molecular complexity index is 757. The van der Waals surface area contributed by atoms with Crippen molar-refractivity contribution in [1.82, 2.24) is 20.2 Å². The van der Waals surface area contributed by atoms with Gasteiger partial charge >= 0.3 is 0 Å². The number of aryl methyl sites for hydroxylation is 2. The largest absolute Gasteiger partial charge is 0.271 e. The van der Waals surface area contributed by atoms with Gasteiger partial charge in [-0.3, -0.25) is 15.5 Å². The average molecular weight is 281 g/mol. The molecule has 0 spiro atoms. The normalized spacial score (nSPS) is 12.7. The molecule has 2 heterocycles. The van der Waals surface area contributed by atoms with Crippen molar-refractivity contribution < 1.29 is 0 Å². The Morgan fingerprint density at radius 2 is 2.19 bits per heavy atom. The van der Waals surface area contributed by atoms with Gasteiger partial charge in [-0.2, -0.15) is 5.10 Å². The molecule has 0 saturated heterocycles. The van der Waals surface area contributed by atoms with E-state index >= 15 is 0 Å². The van der Waals surface area contributed by atoms with Crippen LogP contribution < -0.4 is 11.3 Å². The maximum absolute atomic E-state index is 5.85. The lowest BCUT2D eigenvalue weighted by Crippen LogP contribution is -2.30. The van der Waals surface area contributed by atoms with E-state index in [1.54, 1.807) is 6.20 Å². The van der Waals surface area contributed by atoms with Crippen LogP contribution in [0.2, 0.25) is 0 Å². The summed E-state index contributed by atoms with van der Waals surface area (Å²) in [6.45, 7) is 4.88. The van der Waals surface area contributed by atoms with E-state index in [1.807, 2.05) is 29.9 Å². The number of benzene rings is 1. The average Bonchev–Trinajstić information content (AvgIpc) is 2.89. The molecule has 0 bridgehead atoms. The molecule has 3 N–H and O–H groups in total. The minimum absolute atomic E-state index is 0.112. The van der Waals surface area contributed by atoms with E-state index < -0.39 is 0 Å². The molecule has 1 atom stereocenters. The van der Waals surface area contributed by atoms with Gasteiger partial charge in [-0.05, 0) is 36.9 Å². The number of nitrogens with one attached hydrogen (secondary N) is 1. The number of fused-ring (bicyclic) bond motifs is 1. The van der Waals surface area contributed by atoms with Gasteiger partial charge in [0.2, 0.25) is 0 Å². The number of nitrogens with zero attached hydrogens (tertiary/aromatic N) is 3. The summed E-state index contributed by atoms with van der Waals surface area (Å²) in [6.07, 6.45) is 3.69. The Labute approximate surface area is 123 Å². The zero-order valence-electron chi connectivity index (χ0n) is 12.2. The molecule has 0 fully saturated rings. The van der Waals surface area contributed by atoms with Crippen molar-refractivity contribution in [2.75, 3.05) is 0 Å². The molecule has 1 unspecified atom stereocenters. The lowest BCUT2D eigenvalue weighted by molar-refractivity contribution is 0.544. The molecule has 3 rings (SSSR count). The van der Waals surface area contributed by atoms with E-state index in [0.717, 1.165) is 34.3 Å². The molecule has 0 aliphatic rings. The van der Waals surface area contributed by atoms with E-state index in [4.69, 9.17) is 5.84 Å². The third-order valence-corrected chi connectivity index (χ3v) is 3.72. The summed E-state index contributed by atoms with van der Waals surface area (Å²) in [4.78, 5) is 4.24. The number of rotatable bonds is 4. The van der Waals surface area contributed by atoms with Crippen LogP contribution in [0, 0.1) is 6.92 Å². The molecule has 5 nitrogen and oxygen atoms in total. The predicted molar refractivity (Wildman–Crippen MR) is 83.5 cm³/mol. The fourth-order valence-electron chi connectivity index (χ4n) is 2.77. The second kappa shape index (κ2) is 5.63. The second-order valence-electron chi connectivity index (χ2n) is 5.07. The highest BCUT2D eigenvalue weighted by Gasteiger charge is 2.19. The Balaban J connectivity index is 2.18. The Hall–Kier alpha value is -2.24. The Kier molecular flexibility index (Phi) is 3.68. The van der Waals surface area contributed by atoms with Gasteiger partial charge in [-0.1, -0.05) is 18.2 Å². The summed E-state index contributed by atoms with van der Waals surface area (Å²) in [6, 6.07) is 10.2. The topological polar surface area (TPSA) is 68.8 Å². The molecule has 0 saturated carbocycles. The van der Waals surface area contributed by atoms with E-state index in [9.17, 15) is 0 Å². The first-order valence-corrected chi connectivity index (χ1v) is 7.07. The van der Waals surface area contributed by atoms with E-state index in [-0.39, 0.29) is 6.04 Å². The van der Waals surface area contributed by atoms with Gasteiger partial charge in [-0.15, -0.1) is 0 Å². The molecular weight excluding hydrogens is 262 g/mol. The van der Waals surface area contributed by atoms with Crippen LogP contribution in [0.4, 0.5) is 0 Å². The fraction of sp³-hybridized carbons (Fsp3) is 0.250. The third kappa shape index (κ3) is 2.41. The molecule has 1 aromatic carbocycles. The van der Waals surface area contributed by atoms with Crippen LogP contribution in [0.15, 0.2) is 42.7 Å². The highest BCUT2D eigenvalue weighted by atomic mass is 15.3. The van der Waals surface area contributed by atoms with Gasteiger partial charge in [0.15, 0.2) is 0 Å². The molecule has 21 heavy (non-hydrogen) atoms. The Morgan fingerprint density at radius 3 is 2.95 bits per heavy atom. The molecule has 0 amide bonds. The van der Waals surface area contributed by atoms with Crippen LogP contribution in [0.1, 0.15) is 29.9 Å². The van der Waals surface area contributed by atoms with Gasteiger partial charge < -0.3 is 0 Å². The van der Waals surface area contributed by atoms with Crippen molar-refractivity contribution in [2.24, 2.45) is 5.84 Å². The van der Waals surface area contributed by atoms with Crippen molar-refractivity contribution >= 4 is 10.8 Å². The number of hydrogen-bond donors (Lipinski definition) is 2. The minimum Gasteiger partial charge on any atom is -0.271 e. The van der Waals surface area contributed by atoms with Crippen LogP contribution in [-0.4, -0.2) is 14.8 Å². The van der Waals surface area contributed by atoms with E-state index in [0.29, 0.717) is 0 Å². The van der Waals surface area contributed by atoms with Crippen LogP contribution in [0.25, 0.3) is 10.8 Å². The summed E-state index contributed by atoms with van der Waals surface area (Å²) in [5.41, 5.74) is 6.09. The summed E-state index contributed by atoms with van der Waals surface area (Å²) < 4.78 is 1.98. The van der Waals surface area contributed by atoms with Crippen molar-refractivity contribution in [1.29, 1.82) is 0 Å². The maximum atomic E-state index is 5.85. The minimum atomic E-state index is -0.112. The first-order valence-electron chi connectivity index (χ1n) is 7.07. The van der Waals surface area contributed by atoms with Crippen molar-refractivity contribution in [3.05, 3.63) is 59.7 Å². The number of aromatic nitrogens is 3. The number of hydrogen-bond acceptors (Lipinski definition) is 4. The molecule has 0 aliphatic carbocycles. The van der Waals surface area contributed by atoms with Crippen LogP contribution in [0.3, 0.4) is 0 Å². The zero-order chi connectivity index (χ0) is 14.8. The molecule has 0 radical (unpaired) electrons. The fourth-order valence-corrected chi connectivity index (χ4v) is 2.77. The highest BCUT2D eigenvalue weighted by molar-refractivity contribution is 5.85. The number of hydrazine groups is 1. The monoisotopic (exact) mass is 281 g/mol. The van der Waals surface area contributed by atoms with Gasteiger partial charge in [0.1, 0.15) is 0 Å². The molecule has 3 aromatic rings. The van der Waals surface area contributed by atoms with Crippen LogP contribution >= 0.6 is 0 Å². The summed E-state index contributed by atoms with van der Waals surface area (Å²) in [5, 5.41) is 6.77. The molecule has 5 heteroatoms.